The zero-order valence-corrected chi connectivity index (χ0v) is 28.3. The lowest BCUT2D eigenvalue weighted by Crippen LogP contribution is -2.47. The van der Waals surface area contributed by atoms with Crippen LogP contribution in [0, 0.1) is 10.8 Å². The Morgan fingerprint density at radius 1 is 1.19 bits per heavy atom. The van der Waals surface area contributed by atoms with Gasteiger partial charge in [0.05, 0.1) is 17.3 Å². The van der Waals surface area contributed by atoms with Crippen LogP contribution in [-0.2, 0) is 15.1 Å². The summed E-state index contributed by atoms with van der Waals surface area (Å²) < 4.78 is 32.6. The van der Waals surface area contributed by atoms with Crippen molar-refractivity contribution in [3.8, 4) is 21.7 Å². The summed E-state index contributed by atoms with van der Waals surface area (Å²) in [6, 6.07) is 11.3. The van der Waals surface area contributed by atoms with Gasteiger partial charge in [0.15, 0.2) is 5.96 Å². The number of halogens is 3. The van der Waals surface area contributed by atoms with Gasteiger partial charge in [0, 0.05) is 22.9 Å². The maximum absolute atomic E-state index is 14.9. The molecule has 2 atom stereocenters. The molecule has 4 aromatic rings. The third kappa shape index (κ3) is 6.76. The number of carbonyl (C=O) groups excluding carboxylic acids is 2. The van der Waals surface area contributed by atoms with Crippen LogP contribution in [0.4, 0.5) is 13.6 Å². The second-order valence-electron chi connectivity index (χ2n) is 13.6. The molecule has 0 radical (unpaired) electrons. The maximum Gasteiger partial charge on any atom is 0.407 e. The number of nitrogens with one attached hydrogen (secondary N) is 3. The van der Waals surface area contributed by atoms with Crippen LogP contribution in [0.15, 0.2) is 60.4 Å². The van der Waals surface area contributed by atoms with Gasteiger partial charge in [-0.2, -0.15) is 13.9 Å². The summed E-state index contributed by atoms with van der Waals surface area (Å²) in [5, 5.41) is 28.0. The Bertz CT molecular complexity index is 1840. The summed E-state index contributed by atoms with van der Waals surface area (Å²) in [4.78, 5) is 29.0. The molecular weight excluding hydrogens is 662 g/mol. The Morgan fingerprint density at radius 2 is 1.92 bits per heavy atom. The molecule has 252 valence electrons. The smallest absolute Gasteiger partial charge is 0.407 e. The van der Waals surface area contributed by atoms with Crippen molar-refractivity contribution < 1.29 is 23.1 Å². The van der Waals surface area contributed by atoms with Gasteiger partial charge in [-0.25, -0.2) is 9.48 Å². The van der Waals surface area contributed by atoms with Crippen LogP contribution in [0.1, 0.15) is 70.7 Å². The third-order valence-corrected chi connectivity index (χ3v) is 9.57. The molecule has 2 aromatic heterocycles. The van der Waals surface area contributed by atoms with Gasteiger partial charge in [0.25, 0.3) is 5.91 Å². The molecule has 6 rings (SSSR count). The first-order valence-corrected chi connectivity index (χ1v) is 16.6. The molecular formula is C33H35ClF2N8O3S. The lowest BCUT2D eigenvalue weighted by Gasteiger charge is -2.35. The van der Waals surface area contributed by atoms with Gasteiger partial charge in [-0.3, -0.25) is 15.1 Å². The van der Waals surface area contributed by atoms with E-state index >= 15 is 0 Å². The molecule has 2 amide bonds. The van der Waals surface area contributed by atoms with E-state index in [4.69, 9.17) is 21.7 Å². The first-order chi connectivity index (χ1) is 22.7. The Balaban J connectivity index is 1.38. The third-order valence-electron chi connectivity index (χ3n) is 8.52. The molecule has 48 heavy (non-hydrogen) atoms. The molecule has 1 aliphatic heterocycles. The first-order valence-electron chi connectivity index (χ1n) is 15.3. The van der Waals surface area contributed by atoms with E-state index in [2.05, 4.69) is 25.9 Å². The summed E-state index contributed by atoms with van der Waals surface area (Å²) in [7, 11) is 0. The van der Waals surface area contributed by atoms with Gasteiger partial charge in [0.2, 0.25) is 0 Å². The zero-order valence-electron chi connectivity index (χ0n) is 26.8. The molecule has 1 saturated carbocycles. The molecule has 11 nitrogen and oxygen atoms in total. The lowest BCUT2D eigenvalue weighted by atomic mass is 9.75. The van der Waals surface area contributed by atoms with Crippen LogP contribution >= 0.6 is 22.9 Å². The molecule has 1 saturated heterocycles. The number of hydrogen-bond donors (Lipinski definition) is 3. The van der Waals surface area contributed by atoms with Crippen LogP contribution in [0.2, 0.25) is 5.02 Å². The van der Waals surface area contributed by atoms with E-state index in [-0.39, 0.29) is 23.5 Å². The fraction of sp³-hybridized carbons (Fsp3) is 0.394. The van der Waals surface area contributed by atoms with Crippen LogP contribution in [0.25, 0.3) is 21.7 Å². The molecule has 3 N–H and O–H groups in total. The van der Waals surface area contributed by atoms with E-state index in [9.17, 15) is 18.4 Å². The maximum atomic E-state index is 14.9. The number of rotatable bonds is 10. The summed E-state index contributed by atoms with van der Waals surface area (Å²) in [5.41, 5.74) is 2.41. The molecule has 0 bridgehead atoms. The van der Waals surface area contributed by atoms with Gasteiger partial charge in [-0.05, 0) is 60.4 Å². The van der Waals surface area contributed by atoms with Crippen molar-refractivity contribution in [2.24, 2.45) is 5.41 Å². The summed E-state index contributed by atoms with van der Waals surface area (Å²) >= 11 is 7.86. The predicted molar refractivity (Wildman–Crippen MR) is 178 cm³/mol. The lowest BCUT2D eigenvalue weighted by molar-refractivity contribution is -0.134. The molecule has 2 fully saturated rings. The molecule has 0 spiro atoms. The Labute approximate surface area is 285 Å². The number of aromatic nitrogens is 4. The van der Waals surface area contributed by atoms with Crippen LogP contribution < -0.4 is 10.6 Å². The number of benzene rings is 2. The largest absolute Gasteiger partial charge is 0.447 e. The monoisotopic (exact) mass is 696 g/mol. The standard InChI is InChI=1S/C33H35ClF2N8O3S/c1-31(2,3)17-33(22-8-5-19(6-9-22)21-14-39-43(15-21)28(35)36)27(45)44(29(37)40-33)25(16-47-30(46)41-32(4)11-12-32)20-7-10-24(34)23(13-20)26-42-38-18-48-26/h5-10,13-15,18,25,28H,11-12,16-17H2,1-4H3,(H2,37,40)(H,41,46)/t25-,33-/m1/s1. The van der Waals surface area contributed by atoms with Crippen molar-refractivity contribution in [2.45, 2.75) is 70.6 Å². The molecule has 1 aliphatic carbocycles. The predicted octanol–water partition coefficient (Wildman–Crippen LogP) is 7.14. The fourth-order valence-corrected chi connectivity index (χ4v) is 6.80. The minimum absolute atomic E-state index is 0.165. The average Bonchev–Trinajstić information content (AvgIpc) is 3.42. The summed E-state index contributed by atoms with van der Waals surface area (Å²) in [5.74, 6) is -0.571. The highest BCUT2D eigenvalue weighted by atomic mass is 35.5. The molecule has 2 aliphatic rings. The van der Waals surface area contributed by atoms with Crippen molar-refractivity contribution in [3.05, 3.63) is 76.5 Å². The summed E-state index contributed by atoms with van der Waals surface area (Å²) in [6.45, 7) is 4.92. The number of alkyl carbamates (subject to hydrolysis) is 1. The van der Waals surface area contributed by atoms with E-state index in [1.54, 1.807) is 48.0 Å². The highest BCUT2D eigenvalue weighted by Crippen LogP contribution is 2.43. The topological polar surface area (TPSA) is 138 Å². The first kappa shape index (κ1) is 33.5. The molecule has 15 heteroatoms. The van der Waals surface area contributed by atoms with Gasteiger partial charge in [-0.1, -0.05) is 74.0 Å². The van der Waals surface area contributed by atoms with Crippen molar-refractivity contribution in [1.29, 1.82) is 5.41 Å². The number of carbonyl (C=O) groups is 2. The molecule has 0 unspecified atom stereocenters. The Hall–Kier alpha value is -4.43. The van der Waals surface area contributed by atoms with Crippen molar-refractivity contribution in [2.75, 3.05) is 6.61 Å². The van der Waals surface area contributed by atoms with Crippen LogP contribution in [-0.4, -0.2) is 55.0 Å². The minimum atomic E-state index is -2.76. The number of guanidine groups is 1. The van der Waals surface area contributed by atoms with E-state index in [0.29, 0.717) is 49.0 Å². The van der Waals surface area contributed by atoms with E-state index in [0.717, 1.165) is 12.8 Å². The molecule has 3 heterocycles. The van der Waals surface area contributed by atoms with Gasteiger partial charge in [-0.15, -0.1) is 10.2 Å². The van der Waals surface area contributed by atoms with Crippen LogP contribution in [0.5, 0.6) is 0 Å². The molecule has 2 aromatic carbocycles. The number of nitrogens with zero attached hydrogens (tertiary/aromatic N) is 5. The number of amides is 2. The van der Waals surface area contributed by atoms with E-state index in [1.165, 1.54) is 28.6 Å². The van der Waals surface area contributed by atoms with Gasteiger partial charge < -0.3 is 15.4 Å². The van der Waals surface area contributed by atoms with Crippen molar-refractivity contribution in [3.63, 3.8) is 0 Å². The minimum Gasteiger partial charge on any atom is -0.447 e. The quantitative estimate of drug-likeness (QED) is 0.160. The SMILES string of the molecule is CC(C)(C)C[C@]1(c2ccc(-c3cnn(C(F)F)c3)cc2)NC(=N)N([C@H](COC(=O)NC2(C)CC2)c2ccc(Cl)c(-c3nncs3)c2)C1=O. The summed E-state index contributed by atoms with van der Waals surface area (Å²) in [6.07, 6.45) is 3.99. The van der Waals surface area contributed by atoms with Gasteiger partial charge >= 0.3 is 12.6 Å². The second-order valence-corrected chi connectivity index (χ2v) is 14.9. The van der Waals surface area contributed by atoms with Gasteiger partial charge in [0.1, 0.15) is 22.7 Å². The highest BCUT2D eigenvalue weighted by Gasteiger charge is 2.54. The number of ether oxygens (including phenoxy) is 1. The highest BCUT2D eigenvalue weighted by molar-refractivity contribution is 7.12. The van der Waals surface area contributed by atoms with Crippen LogP contribution in [0.3, 0.4) is 0 Å². The Kier molecular flexibility index (Phi) is 8.75. The van der Waals surface area contributed by atoms with Crippen molar-refractivity contribution in [1.82, 2.24) is 35.5 Å². The number of hydrogen-bond acceptors (Lipinski definition) is 8. The average molecular weight is 697 g/mol. The second kappa shape index (κ2) is 12.5. The van der Waals surface area contributed by atoms with E-state index < -0.39 is 30.1 Å². The Morgan fingerprint density at radius 3 is 2.52 bits per heavy atom. The number of alkyl halides is 2. The normalized spacial score (nSPS) is 19.4. The van der Waals surface area contributed by atoms with E-state index in [1.807, 2.05) is 27.7 Å². The van der Waals surface area contributed by atoms with Crippen molar-refractivity contribution >= 4 is 40.9 Å². The zero-order chi connectivity index (χ0) is 34.4. The fourth-order valence-electron chi connectivity index (χ4n) is 5.95.